The van der Waals surface area contributed by atoms with E-state index in [0.717, 1.165) is 19.6 Å². The molecular weight excluding hydrogens is 173 g/mol. The minimum Gasteiger partial charge on any atom is -0.313 e. The molecule has 60 valence electrons. The SMILES string of the molecule is Cl.Cl.N#CC1CNCCN1. The van der Waals surface area contributed by atoms with Gasteiger partial charge in [-0.3, -0.25) is 5.32 Å². The Bertz CT molecular complexity index is 106. The monoisotopic (exact) mass is 183 g/mol. The van der Waals surface area contributed by atoms with Gasteiger partial charge < -0.3 is 5.32 Å². The van der Waals surface area contributed by atoms with E-state index in [2.05, 4.69) is 16.7 Å². The van der Waals surface area contributed by atoms with E-state index >= 15 is 0 Å². The van der Waals surface area contributed by atoms with Crippen LogP contribution in [0.3, 0.4) is 0 Å². The third-order valence-corrected chi connectivity index (χ3v) is 1.20. The second-order valence-corrected chi connectivity index (χ2v) is 1.84. The van der Waals surface area contributed by atoms with Gasteiger partial charge >= 0.3 is 0 Å². The summed E-state index contributed by atoms with van der Waals surface area (Å²) in [6.07, 6.45) is 0. The summed E-state index contributed by atoms with van der Waals surface area (Å²) in [4.78, 5) is 0. The van der Waals surface area contributed by atoms with Crippen molar-refractivity contribution in [2.24, 2.45) is 0 Å². The van der Waals surface area contributed by atoms with Crippen molar-refractivity contribution < 1.29 is 0 Å². The van der Waals surface area contributed by atoms with Gasteiger partial charge in [0.1, 0.15) is 6.04 Å². The van der Waals surface area contributed by atoms with Gasteiger partial charge in [0, 0.05) is 19.6 Å². The first-order valence-corrected chi connectivity index (χ1v) is 2.77. The Morgan fingerprint density at radius 1 is 1.30 bits per heavy atom. The lowest BCUT2D eigenvalue weighted by atomic mass is 10.3. The zero-order chi connectivity index (χ0) is 5.82. The molecule has 1 atom stereocenters. The Morgan fingerprint density at radius 3 is 2.30 bits per heavy atom. The first kappa shape index (κ1) is 12.6. The zero-order valence-electron chi connectivity index (χ0n) is 5.46. The van der Waals surface area contributed by atoms with Crippen LogP contribution in [0.25, 0.3) is 0 Å². The summed E-state index contributed by atoms with van der Waals surface area (Å²) in [5.41, 5.74) is 0. The van der Waals surface area contributed by atoms with Crippen LogP contribution in [0.5, 0.6) is 0 Å². The summed E-state index contributed by atoms with van der Waals surface area (Å²) in [7, 11) is 0. The van der Waals surface area contributed by atoms with E-state index in [1.165, 1.54) is 0 Å². The van der Waals surface area contributed by atoms with Crippen LogP contribution in [0.1, 0.15) is 0 Å². The summed E-state index contributed by atoms with van der Waals surface area (Å²) in [5.74, 6) is 0. The van der Waals surface area contributed by atoms with Crippen molar-refractivity contribution in [3.63, 3.8) is 0 Å². The van der Waals surface area contributed by atoms with E-state index in [-0.39, 0.29) is 30.9 Å². The molecule has 0 bridgehead atoms. The van der Waals surface area contributed by atoms with Crippen molar-refractivity contribution in [2.45, 2.75) is 6.04 Å². The van der Waals surface area contributed by atoms with Crippen molar-refractivity contribution in [2.75, 3.05) is 19.6 Å². The van der Waals surface area contributed by atoms with Gasteiger partial charge in [0.05, 0.1) is 6.07 Å². The normalized spacial score (nSPS) is 23.3. The molecule has 0 amide bonds. The molecule has 1 fully saturated rings. The minimum atomic E-state index is 0. The first-order valence-electron chi connectivity index (χ1n) is 2.77. The molecule has 10 heavy (non-hydrogen) atoms. The number of nitrogens with one attached hydrogen (secondary N) is 2. The Morgan fingerprint density at radius 2 is 2.00 bits per heavy atom. The zero-order valence-corrected chi connectivity index (χ0v) is 7.10. The van der Waals surface area contributed by atoms with Gasteiger partial charge in [0.15, 0.2) is 0 Å². The predicted molar refractivity (Wildman–Crippen MR) is 44.8 cm³/mol. The second-order valence-electron chi connectivity index (χ2n) is 1.84. The molecule has 1 aliphatic rings. The molecule has 0 aromatic rings. The van der Waals surface area contributed by atoms with E-state index < -0.39 is 0 Å². The third-order valence-electron chi connectivity index (χ3n) is 1.20. The van der Waals surface area contributed by atoms with E-state index in [9.17, 15) is 0 Å². The van der Waals surface area contributed by atoms with Crippen LogP contribution < -0.4 is 10.6 Å². The van der Waals surface area contributed by atoms with Gasteiger partial charge in [-0.1, -0.05) is 0 Å². The Balaban J connectivity index is 0. The highest BCUT2D eigenvalue weighted by Gasteiger charge is 2.08. The summed E-state index contributed by atoms with van der Waals surface area (Å²) in [6, 6.07) is 2.16. The Kier molecular flexibility index (Phi) is 8.98. The quantitative estimate of drug-likeness (QED) is 0.553. The van der Waals surface area contributed by atoms with E-state index in [1.807, 2.05) is 0 Å². The maximum Gasteiger partial charge on any atom is 0.108 e. The van der Waals surface area contributed by atoms with Crippen molar-refractivity contribution in [1.82, 2.24) is 10.6 Å². The standard InChI is InChI=1S/C5H9N3.2ClH/c6-3-5-4-7-1-2-8-5;;/h5,7-8H,1-2,4H2;2*1H. The smallest absolute Gasteiger partial charge is 0.108 e. The lowest BCUT2D eigenvalue weighted by Crippen LogP contribution is -2.47. The molecule has 0 aliphatic carbocycles. The highest BCUT2D eigenvalue weighted by Crippen LogP contribution is 1.81. The van der Waals surface area contributed by atoms with E-state index in [4.69, 9.17) is 5.26 Å². The highest BCUT2D eigenvalue weighted by molar-refractivity contribution is 5.85. The van der Waals surface area contributed by atoms with Crippen molar-refractivity contribution in [3.8, 4) is 6.07 Å². The molecule has 0 aromatic carbocycles. The van der Waals surface area contributed by atoms with Gasteiger partial charge in [-0.05, 0) is 0 Å². The molecule has 1 unspecified atom stereocenters. The fourth-order valence-corrected chi connectivity index (χ4v) is 0.745. The van der Waals surface area contributed by atoms with Crippen molar-refractivity contribution in [3.05, 3.63) is 0 Å². The number of hydrogen-bond donors (Lipinski definition) is 2. The molecule has 0 radical (unpaired) electrons. The molecule has 2 N–H and O–H groups in total. The lowest BCUT2D eigenvalue weighted by molar-refractivity contribution is 0.477. The molecule has 1 rings (SSSR count). The van der Waals surface area contributed by atoms with Crippen molar-refractivity contribution in [1.29, 1.82) is 5.26 Å². The number of nitrogens with zero attached hydrogens (tertiary/aromatic N) is 1. The summed E-state index contributed by atoms with van der Waals surface area (Å²) >= 11 is 0. The van der Waals surface area contributed by atoms with Gasteiger partial charge in [-0.2, -0.15) is 5.26 Å². The molecule has 0 spiro atoms. The van der Waals surface area contributed by atoms with E-state index in [1.54, 1.807) is 0 Å². The number of nitriles is 1. The topological polar surface area (TPSA) is 47.9 Å². The molecule has 1 saturated heterocycles. The largest absolute Gasteiger partial charge is 0.313 e. The lowest BCUT2D eigenvalue weighted by Gasteiger charge is -2.17. The van der Waals surface area contributed by atoms with Crippen LogP contribution in [0.2, 0.25) is 0 Å². The minimum absolute atomic E-state index is 0. The molecule has 1 aliphatic heterocycles. The number of piperazine rings is 1. The third kappa shape index (κ3) is 3.91. The molecule has 1 heterocycles. The molecule has 5 heteroatoms. The average Bonchev–Trinajstić information content (AvgIpc) is 1.90. The maximum atomic E-state index is 8.34. The van der Waals surface area contributed by atoms with Gasteiger partial charge in [0.25, 0.3) is 0 Å². The van der Waals surface area contributed by atoms with Crippen LogP contribution in [0, 0.1) is 11.3 Å². The number of hydrogen-bond acceptors (Lipinski definition) is 3. The average molecular weight is 184 g/mol. The predicted octanol–water partition coefficient (Wildman–Crippen LogP) is -0.0850. The second kappa shape index (κ2) is 7.10. The summed E-state index contributed by atoms with van der Waals surface area (Å²) < 4.78 is 0. The molecule has 0 saturated carbocycles. The fourth-order valence-electron chi connectivity index (χ4n) is 0.745. The van der Waals surface area contributed by atoms with Gasteiger partial charge in [-0.15, -0.1) is 24.8 Å². The fraction of sp³-hybridized carbons (Fsp3) is 0.800. The number of halogens is 2. The van der Waals surface area contributed by atoms with Gasteiger partial charge in [-0.25, -0.2) is 0 Å². The van der Waals surface area contributed by atoms with Crippen molar-refractivity contribution >= 4 is 24.8 Å². The van der Waals surface area contributed by atoms with Crippen LogP contribution in [-0.2, 0) is 0 Å². The molecule has 3 nitrogen and oxygen atoms in total. The number of rotatable bonds is 0. The van der Waals surface area contributed by atoms with E-state index in [0.29, 0.717) is 0 Å². The Hall–Kier alpha value is -0.0100. The van der Waals surface area contributed by atoms with Gasteiger partial charge in [0.2, 0.25) is 0 Å². The van der Waals surface area contributed by atoms with Crippen LogP contribution in [0.4, 0.5) is 0 Å². The highest BCUT2D eigenvalue weighted by atomic mass is 35.5. The Labute approximate surface area is 73.0 Å². The van der Waals surface area contributed by atoms with Crippen LogP contribution >= 0.6 is 24.8 Å². The summed E-state index contributed by atoms with van der Waals surface area (Å²) in [6.45, 7) is 2.69. The maximum absolute atomic E-state index is 8.34. The molecule has 0 aromatic heterocycles. The summed E-state index contributed by atoms with van der Waals surface area (Å²) in [5, 5.41) is 14.5. The van der Waals surface area contributed by atoms with Crippen LogP contribution in [-0.4, -0.2) is 25.7 Å². The molecular formula is C5H11Cl2N3. The first-order chi connectivity index (χ1) is 3.93. The van der Waals surface area contributed by atoms with Crippen LogP contribution in [0.15, 0.2) is 0 Å².